The summed E-state index contributed by atoms with van der Waals surface area (Å²) < 4.78 is 31.6. The second-order valence-corrected chi connectivity index (χ2v) is 5.31. The Morgan fingerprint density at radius 3 is 2.58 bits per heavy atom. The average Bonchev–Trinajstić information content (AvgIpc) is 2.95. The standard InChI is InChI=1S/C17H14F2N2O3/c18-11-5-10(6-12(19)7-11)17(23)20-8-16(22)21-14-9-24-15-4-2-1-3-13(14)15/h1-7,14H,8-9H2,(H,20,23)(H,21,22). The van der Waals surface area contributed by atoms with Crippen molar-refractivity contribution in [1.29, 1.82) is 0 Å². The molecule has 2 aromatic carbocycles. The molecule has 0 aliphatic carbocycles. The van der Waals surface area contributed by atoms with Gasteiger partial charge in [-0.05, 0) is 18.2 Å². The highest BCUT2D eigenvalue weighted by atomic mass is 19.1. The highest BCUT2D eigenvalue weighted by Gasteiger charge is 2.25. The molecule has 2 aromatic rings. The highest BCUT2D eigenvalue weighted by Crippen LogP contribution is 2.31. The summed E-state index contributed by atoms with van der Waals surface area (Å²) in [7, 11) is 0. The van der Waals surface area contributed by atoms with Gasteiger partial charge in [0.25, 0.3) is 5.91 Å². The Bertz CT molecular complexity index is 775. The fourth-order valence-electron chi connectivity index (χ4n) is 2.48. The molecule has 0 bridgehead atoms. The molecule has 0 radical (unpaired) electrons. The lowest BCUT2D eigenvalue weighted by Gasteiger charge is -2.12. The van der Waals surface area contributed by atoms with E-state index in [9.17, 15) is 18.4 Å². The van der Waals surface area contributed by atoms with Gasteiger partial charge in [0.15, 0.2) is 0 Å². The van der Waals surface area contributed by atoms with Gasteiger partial charge in [-0.15, -0.1) is 0 Å². The predicted molar refractivity (Wildman–Crippen MR) is 81.5 cm³/mol. The Kier molecular flexibility index (Phi) is 4.41. The van der Waals surface area contributed by atoms with Crippen LogP contribution in [0.2, 0.25) is 0 Å². The number of para-hydroxylation sites is 1. The molecule has 2 amide bonds. The first-order chi connectivity index (χ1) is 11.5. The van der Waals surface area contributed by atoms with Crippen LogP contribution < -0.4 is 15.4 Å². The monoisotopic (exact) mass is 332 g/mol. The van der Waals surface area contributed by atoms with Gasteiger partial charge in [-0.1, -0.05) is 18.2 Å². The number of ether oxygens (including phenoxy) is 1. The highest BCUT2D eigenvalue weighted by molar-refractivity contribution is 5.96. The Hall–Kier alpha value is -2.96. The molecule has 1 aliphatic heterocycles. The Labute approximate surface area is 136 Å². The fourth-order valence-corrected chi connectivity index (χ4v) is 2.48. The summed E-state index contributed by atoms with van der Waals surface area (Å²) in [6, 6.07) is 9.50. The van der Waals surface area contributed by atoms with Crippen molar-refractivity contribution in [2.75, 3.05) is 13.2 Å². The van der Waals surface area contributed by atoms with Crippen LogP contribution in [0.3, 0.4) is 0 Å². The van der Waals surface area contributed by atoms with Gasteiger partial charge in [-0.3, -0.25) is 9.59 Å². The van der Waals surface area contributed by atoms with Crippen LogP contribution in [-0.2, 0) is 4.79 Å². The van der Waals surface area contributed by atoms with Gasteiger partial charge in [0.05, 0.1) is 12.6 Å². The number of hydrogen-bond donors (Lipinski definition) is 2. The molecule has 1 heterocycles. The van der Waals surface area contributed by atoms with Crippen LogP contribution in [0.5, 0.6) is 5.75 Å². The summed E-state index contributed by atoms with van der Waals surface area (Å²) in [5, 5.41) is 5.06. The third-order valence-electron chi connectivity index (χ3n) is 3.57. The molecule has 0 aromatic heterocycles. The maximum Gasteiger partial charge on any atom is 0.251 e. The zero-order valence-corrected chi connectivity index (χ0v) is 12.5. The third-order valence-corrected chi connectivity index (χ3v) is 3.57. The van der Waals surface area contributed by atoms with E-state index in [2.05, 4.69) is 10.6 Å². The maximum absolute atomic E-state index is 13.1. The minimum Gasteiger partial charge on any atom is -0.491 e. The number of amides is 2. The van der Waals surface area contributed by atoms with E-state index in [1.165, 1.54) is 0 Å². The quantitative estimate of drug-likeness (QED) is 0.899. The molecule has 3 rings (SSSR count). The Balaban J connectivity index is 1.55. The van der Waals surface area contributed by atoms with Crippen LogP contribution >= 0.6 is 0 Å². The van der Waals surface area contributed by atoms with Crippen molar-refractivity contribution in [3.8, 4) is 5.75 Å². The topological polar surface area (TPSA) is 67.4 Å². The van der Waals surface area contributed by atoms with E-state index in [0.717, 1.165) is 17.7 Å². The third kappa shape index (κ3) is 3.51. The fraction of sp³-hybridized carbons (Fsp3) is 0.176. The van der Waals surface area contributed by atoms with Crippen molar-refractivity contribution in [2.24, 2.45) is 0 Å². The molecule has 0 saturated carbocycles. The molecule has 0 spiro atoms. The molecule has 1 unspecified atom stereocenters. The van der Waals surface area contributed by atoms with Crippen LogP contribution in [0.1, 0.15) is 22.0 Å². The molecular formula is C17H14F2N2O3. The Morgan fingerprint density at radius 1 is 1.12 bits per heavy atom. The summed E-state index contributed by atoms with van der Waals surface area (Å²) in [6.45, 7) is 0.00374. The number of benzene rings is 2. The van der Waals surface area contributed by atoms with Crippen LogP contribution in [0.15, 0.2) is 42.5 Å². The Morgan fingerprint density at radius 2 is 1.83 bits per heavy atom. The van der Waals surface area contributed by atoms with Crippen molar-refractivity contribution >= 4 is 11.8 Å². The van der Waals surface area contributed by atoms with E-state index < -0.39 is 23.4 Å². The van der Waals surface area contributed by atoms with E-state index in [4.69, 9.17) is 4.74 Å². The second kappa shape index (κ2) is 6.66. The molecule has 2 N–H and O–H groups in total. The molecule has 1 atom stereocenters. The van der Waals surface area contributed by atoms with E-state index in [0.29, 0.717) is 18.4 Å². The number of nitrogens with one attached hydrogen (secondary N) is 2. The van der Waals surface area contributed by atoms with E-state index in [1.807, 2.05) is 24.3 Å². The molecule has 0 fully saturated rings. The molecule has 5 nitrogen and oxygen atoms in total. The molecule has 24 heavy (non-hydrogen) atoms. The second-order valence-electron chi connectivity index (χ2n) is 5.31. The summed E-state index contributed by atoms with van der Waals surface area (Å²) in [5.41, 5.74) is 0.680. The van der Waals surface area contributed by atoms with Crippen molar-refractivity contribution < 1.29 is 23.1 Å². The van der Waals surface area contributed by atoms with Crippen LogP contribution in [0, 0.1) is 11.6 Å². The first kappa shape index (κ1) is 15.9. The van der Waals surface area contributed by atoms with Crippen LogP contribution in [0.25, 0.3) is 0 Å². The van der Waals surface area contributed by atoms with Crippen molar-refractivity contribution in [3.63, 3.8) is 0 Å². The smallest absolute Gasteiger partial charge is 0.251 e. The van der Waals surface area contributed by atoms with Gasteiger partial charge < -0.3 is 15.4 Å². The number of fused-ring (bicyclic) bond motifs is 1. The van der Waals surface area contributed by atoms with Crippen molar-refractivity contribution in [2.45, 2.75) is 6.04 Å². The normalized spacial score (nSPS) is 15.3. The molecule has 124 valence electrons. The summed E-state index contributed by atoms with van der Waals surface area (Å²) in [5.74, 6) is -2.16. The molecule has 0 saturated heterocycles. The summed E-state index contributed by atoms with van der Waals surface area (Å²) >= 11 is 0. The average molecular weight is 332 g/mol. The predicted octanol–water partition coefficient (Wildman–Crippen LogP) is 1.94. The van der Waals surface area contributed by atoms with Crippen LogP contribution in [-0.4, -0.2) is 25.0 Å². The zero-order valence-electron chi connectivity index (χ0n) is 12.5. The maximum atomic E-state index is 13.1. The minimum absolute atomic E-state index is 0.185. The largest absolute Gasteiger partial charge is 0.491 e. The van der Waals surface area contributed by atoms with Gasteiger partial charge in [0.1, 0.15) is 24.0 Å². The van der Waals surface area contributed by atoms with Crippen LogP contribution in [0.4, 0.5) is 8.78 Å². The van der Waals surface area contributed by atoms with Gasteiger partial charge in [0, 0.05) is 17.2 Å². The van der Waals surface area contributed by atoms with Gasteiger partial charge >= 0.3 is 0 Å². The van der Waals surface area contributed by atoms with Crippen molar-refractivity contribution in [1.82, 2.24) is 10.6 Å². The number of carbonyl (C=O) groups is 2. The lowest BCUT2D eigenvalue weighted by atomic mass is 10.1. The first-order valence-electron chi connectivity index (χ1n) is 7.28. The number of carbonyl (C=O) groups excluding carboxylic acids is 2. The van der Waals surface area contributed by atoms with E-state index in [-0.39, 0.29) is 18.2 Å². The lowest BCUT2D eigenvalue weighted by molar-refractivity contribution is -0.120. The number of halogens is 2. The molecule has 1 aliphatic rings. The van der Waals surface area contributed by atoms with Gasteiger partial charge in [-0.2, -0.15) is 0 Å². The molecular weight excluding hydrogens is 318 g/mol. The molecule has 7 heteroatoms. The van der Waals surface area contributed by atoms with E-state index >= 15 is 0 Å². The summed E-state index contributed by atoms with van der Waals surface area (Å²) in [4.78, 5) is 23.8. The number of hydrogen-bond acceptors (Lipinski definition) is 3. The summed E-state index contributed by atoms with van der Waals surface area (Å²) in [6.07, 6.45) is 0. The minimum atomic E-state index is -0.857. The SMILES string of the molecule is O=C(CNC(=O)c1cc(F)cc(F)c1)NC1COc2ccccc21. The van der Waals surface area contributed by atoms with E-state index in [1.54, 1.807) is 0 Å². The van der Waals surface area contributed by atoms with Crippen molar-refractivity contribution in [3.05, 3.63) is 65.2 Å². The van der Waals surface area contributed by atoms with Gasteiger partial charge in [0.2, 0.25) is 5.91 Å². The zero-order chi connectivity index (χ0) is 17.1. The lowest BCUT2D eigenvalue weighted by Crippen LogP contribution is -2.39. The first-order valence-corrected chi connectivity index (χ1v) is 7.28. The van der Waals surface area contributed by atoms with Gasteiger partial charge in [-0.25, -0.2) is 8.78 Å². The number of rotatable bonds is 4.